The number of hydrogen-bond acceptors (Lipinski definition) is 3. The molecule has 3 amide bonds. The first-order valence-electron chi connectivity index (χ1n) is 11.5. The number of ether oxygens (including phenoxy) is 1. The zero-order chi connectivity index (χ0) is 22.9. The Kier molecular flexibility index (Phi) is 6.50. The average molecular weight is 488 g/mol. The minimum atomic E-state index is -0.103. The standard InChI is InChI=1S/C25H27Cl2N3O3/c26-19-5-6-20(21(27)13-19)18-3-1-16(2-4-18)17-7-10-29(11-8-17)25(32)30-12-9-23-22(14-30)28-24(31)15-33-23/h1-6,13,17,22-23H,7-12,14-15H2,(H,28,31)/t22-,23+/m1/s1. The SMILES string of the molecule is O=C1CO[C@H]2CCN(C(=O)N3CCC(c4ccc(-c5ccc(Cl)cc5Cl)cc4)CC3)C[C@H]2N1. The van der Waals surface area contributed by atoms with Crippen LogP contribution in [0.1, 0.15) is 30.7 Å². The van der Waals surface area contributed by atoms with Crippen molar-refractivity contribution in [3.63, 3.8) is 0 Å². The zero-order valence-electron chi connectivity index (χ0n) is 18.3. The summed E-state index contributed by atoms with van der Waals surface area (Å²) < 4.78 is 5.60. The molecule has 0 saturated carbocycles. The summed E-state index contributed by atoms with van der Waals surface area (Å²) in [5, 5.41) is 4.24. The molecule has 3 aliphatic rings. The molecule has 5 rings (SSSR count). The maximum Gasteiger partial charge on any atom is 0.320 e. The van der Waals surface area contributed by atoms with Crippen LogP contribution in [0.15, 0.2) is 42.5 Å². The second kappa shape index (κ2) is 9.53. The molecule has 0 spiro atoms. The Hall–Kier alpha value is -2.28. The molecule has 0 unspecified atom stereocenters. The van der Waals surface area contributed by atoms with Gasteiger partial charge in [-0.1, -0.05) is 53.5 Å². The highest BCUT2D eigenvalue weighted by molar-refractivity contribution is 6.36. The number of nitrogens with zero attached hydrogens (tertiary/aromatic N) is 2. The Bertz CT molecular complexity index is 1040. The van der Waals surface area contributed by atoms with Crippen LogP contribution >= 0.6 is 23.2 Å². The smallest absolute Gasteiger partial charge is 0.320 e. The van der Waals surface area contributed by atoms with Crippen LogP contribution < -0.4 is 5.32 Å². The first kappa shape index (κ1) is 22.5. The van der Waals surface area contributed by atoms with Gasteiger partial charge < -0.3 is 19.9 Å². The van der Waals surface area contributed by atoms with Crippen molar-refractivity contribution in [1.29, 1.82) is 0 Å². The molecule has 2 atom stereocenters. The van der Waals surface area contributed by atoms with Crippen LogP contribution in [-0.2, 0) is 9.53 Å². The zero-order valence-corrected chi connectivity index (χ0v) is 19.8. The number of rotatable bonds is 2. The lowest BCUT2D eigenvalue weighted by Crippen LogP contribution is -2.62. The highest BCUT2D eigenvalue weighted by atomic mass is 35.5. The van der Waals surface area contributed by atoms with Gasteiger partial charge in [-0.25, -0.2) is 4.79 Å². The summed E-state index contributed by atoms with van der Waals surface area (Å²) in [4.78, 5) is 28.5. The Morgan fingerprint density at radius 3 is 2.42 bits per heavy atom. The number of halogens is 2. The fourth-order valence-corrected chi connectivity index (χ4v) is 5.65. The Morgan fingerprint density at radius 1 is 0.970 bits per heavy atom. The number of benzene rings is 2. The quantitative estimate of drug-likeness (QED) is 0.675. The van der Waals surface area contributed by atoms with Gasteiger partial charge in [-0.15, -0.1) is 0 Å². The fourth-order valence-electron chi connectivity index (χ4n) is 5.14. The van der Waals surface area contributed by atoms with E-state index in [1.807, 2.05) is 21.9 Å². The molecular formula is C25H27Cl2N3O3. The van der Waals surface area contributed by atoms with Crippen molar-refractivity contribution in [3.8, 4) is 11.1 Å². The number of amides is 3. The molecule has 1 N–H and O–H groups in total. The number of hydrogen-bond donors (Lipinski definition) is 1. The van der Waals surface area contributed by atoms with Crippen molar-refractivity contribution in [1.82, 2.24) is 15.1 Å². The molecule has 0 aliphatic carbocycles. The van der Waals surface area contributed by atoms with Crippen molar-refractivity contribution in [2.45, 2.75) is 37.3 Å². The van der Waals surface area contributed by atoms with Gasteiger partial charge in [0.1, 0.15) is 6.61 Å². The fraction of sp³-hybridized carbons (Fsp3) is 0.440. The van der Waals surface area contributed by atoms with Crippen molar-refractivity contribution < 1.29 is 14.3 Å². The van der Waals surface area contributed by atoms with Gasteiger partial charge in [-0.05, 0) is 48.4 Å². The van der Waals surface area contributed by atoms with E-state index in [1.54, 1.807) is 6.07 Å². The number of carbonyl (C=O) groups excluding carboxylic acids is 2. The van der Waals surface area contributed by atoms with Crippen molar-refractivity contribution >= 4 is 35.1 Å². The largest absolute Gasteiger partial charge is 0.366 e. The average Bonchev–Trinajstić information content (AvgIpc) is 2.83. The van der Waals surface area contributed by atoms with Gasteiger partial charge in [0.2, 0.25) is 5.91 Å². The molecule has 0 aromatic heterocycles. The van der Waals surface area contributed by atoms with E-state index in [-0.39, 0.29) is 30.7 Å². The number of likely N-dealkylation sites (tertiary alicyclic amines) is 2. The first-order chi connectivity index (χ1) is 16.0. The summed E-state index contributed by atoms with van der Waals surface area (Å²) in [5.41, 5.74) is 3.32. The second-order valence-electron chi connectivity index (χ2n) is 9.05. The van der Waals surface area contributed by atoms with Gasteiger partial charge in [-0.2, -0.15) is 0 Å². The van der Waals surface area contributed by atoms with E-state index in [1.165, 1.54) is 5.56 Å². The highest BCUT2D eigenvalue weighted by Crippen LogP contribution is 2.33. The normalized spacial score (nSPS) is 23.8. The van der Waals surface area contributed by atoms with Gasteiger partial charge in [0, 0.05) is 41.8 Å². The minimum Gasteiger partial charge on any atom is -0.366 e. The second-order valence-corrected chi connectivity index (χ2v) is 9.89. The number of urea groups is 1. The monoisotopic (exact) mass is 487 g/mol. The van der Waals surface area contributed by atoms with Gasteiger partial charge in [-0.3, -0.25) is 4.79 Å². The Morgan fingerprint density at radius 2 is 1.70 bits per heavy atom. The van der Waals surface area contributed by atoms with E-state index in [0.29, 0.717) is 29.1 Å². The number of nitrogens with one attached hydrogen (secondary N) is 1. The van der Waals surface area contributed by atoms with Crippen LogP contribution in [-0.4, -0.2) is 66.7 Å². The molecule has 2 aromatic carbocycles. The summed E-state index contributed by atoms with van der Waals surface area (Å²) >= 11 is 12.4. The predicted molar refractivity (Wildman–Crippen MR) is 129 cm³/mol. The number of morpholine rings is 1. The number of piperidine rings is 2. The summed E-state index contributed by atoms with van der Waals surface area (Å²) in [6.07, 6.45) is 2.65. The topological polar surface area (TPSA) is 61.9 Å². The molecule has 33 heavy (non-hydrogen) atoms. The molecule has 8 heteroatoms. The molecule has 3 saturated heterocycles. The molecule has 174 valence electrons. The maximum absolute atomic E-state index is 13.1. The third-order valence-electron chi connectivity index (χ3n) is 6.98. The van der Waals surface area contributed by atoms with Gasteiger partial charge >= 0.3 is 6.03 Å². The van der Waals surface area contributed by atoms with E-state index in [2.05, 4.69) is 29.6 Å². The molecule has 3 aliphatic heterocycles. The van der Waals surface area contributed by atoms with Crippen LogP contribution in [0.25, 0.3) is 11.1 Å². The summed E-state index contributed by atoms with van der Waals surface area (Å²) in [6.45, 7) is 2.79. The number of fused-ring (bicyclic) bond motifs is 1. The molecule has 3 heterocycles. The van der Waals surface area contributed by atoms with Crippen molar-refractivity contribution in [2.24, 2.45) is 0 Å². The van der Waals surface area contributed by atoms with Gasteiger partial charge in [0.25, 0.3) is 0 Å². The summed E-state index contributed by atoms with van der Waals surface area (Å²) in [6, 6.07) is 14.1. The molecule has 0 radical (unpaired) electrons. The Labute approximate surface area is 203 Å². The predicted octanol–water partition coefficient (Wildman–Crippen LogP) is 4.55. The molecular weight excluding hydrogens is 461 g/mol. The minimum absolute atomic E-state index is 0.0169. The van der Waals surface area contributed by atoms with Crippen molar-refractivity contribution in [2.75, 3.05) is 32.8 Å². The lowest BCUT2D eigenvalue weighted by molar-refractivity contribution is -0.139. The van der Waals surface area contributed by atoms with Crippen LogP contribution in [0, 0.1) is 0 Å². The van der Waals surface area contributed by atoms with E-state index in [9.17, 15) is 9.59 Å². The van der Waals surface area contributed by atoms with Crippen molar-refractivity contribution in [3.05, 3.63) is 58.1 Å². The lowest BCUT2D eigenvalue weighted by Gasteiger charge is -2.43. The van der Waals surface area contributed by atoms with Crippen LogP contribution in [0.5, 0.6) is 0 Å². The number of carbonyl (C=O) groups is 2. The lowest BCUT2D eigenvalue weighted by atomic mass is 9.88. The molecule has 6 nitrogen and oxygen atoms in total. The Balaban J connectivity index is 1.17. The van der Waals surface area contributed by atoms with Crippen LogP contribution in [0.2, 0.25) is 10.0 Å². The maximum atomic E-state index is 13.1. The van der Waals surface area contributed by atoms with Gasteiger partial charge in [0.15, 0.2) is 0 Å². The molecule has 3 fully saturated rings. The highest BCUT2D eigenvalue weighted by Gasteiger charge is 2.38. The molecule has 2 aromatic rings. The third kappa shape index (κ3) is 4.84. The van der Waals surface area contributed by atoms with Gasteiger partial charge in [0.05, 0.1) is 12.1 Å². The van der Waals surface area contributed by atoms with E-state index in [0.717, 1.165) is 43.5 Å². The van der Waals surface area contributed by atoms with Crippen LogP contribution in [0.4, 0.5) is 4.79 Å². The summed E-state index contributed by atoms with van der Waals surface area (Å²) in [7, 11) is 0. The van der Waals surface area contributed by atoms with E-state index >= 15 is 0 Å². The summed E-state index contributed by atoms with van der Waals surface area (Å²) in [5.74, 6) is 0.330. The van der Waals surface area contributed by atoms with E-state index in [4.69, 9.17) is 27.9 Å². The first-order valence-corrected chi connectivity index (χ1v) is 12.2. The molecule has 0 bridgehead atoms. The third-order valence-corrected chi connectivity index (χ3v) is 7.53. The van der Waals surface area contributed by atoms with E-state index < -0.39 is 0 Å². The van der Waals surface area contributed by atoms with Crippen LogP contribution in [0.3, 0.4) is 0 Å².